The van der Waals surface area contributed by atoms with E-state index < -0.39 is 0 Å². The van der Waals surface area contributed by atoms with Gasteiger partial charge in [-0.3, -0.25) is 0 Å². The molecule has 0 aromatic heterocycles. The quantitative estimate of drug-likeness (QED) is 0.574. The molecule has 0 saturated carbocycles. The number of hydrogen-bond donors (Lipinski definition) is 1. The van der Waals surface area contributed by atoms with Crippen molar-refractivity contribution < 1.29 is 0 Å². The second kappa shape index (κ2) is 2.27. The zero-order valence-electron chi connectivity index (χ0n) is 5.34. The fraction of sp³-hybridized carbons (Fsp3) is 0.429. The molecule has 1 nitrogen and oxygen atoms in total. The molecular weight excluding hydrogens is 178 g/mol. The molecule has 0 saturated heterocycles. The van der Waals surface area contributed by atoms with Crippen LogP contribution in [0.5, 0.6) is 0 Å². The van der Waals surface area contributed by atoms with Crippen LogP contribution in [0.4, 0.5) is 0 Å². The van der Waals surface area contributed by atoms with E-state index in [9.17, 15) is 0 Å². The first-order chi connectivity index (χ1) is 4.13. The van der Waals surface area contributed by atoms with Gasteiger partial charge in [-0.25, -0.2) is 0 Å². The monoisotopic (exact) mass is 187 g/mol. The lowest BCUT2D eigenvalue weighted by Crippen LogP contribution is -2.38. The fourth-order valence-corrected chi connectivity index (χ4v) is 1.03. The molecule has 0 fully saturated rings. The molecule has 1 rings (SSSR count). The summed E-state index contributed by atoms with van der Waals surface area (Å²) >= 11 is 3.49. The molecule has 9 heavy (non-hydrogen) atoms. The number of allylic oxidation sites excluding steroid dienone is 2. The van der Waals surface area contributed by atoms with Crippen molar-refractivity contribution in [2.24, 2.45) is 5.73 Å². The molecular formula is C7H10BrN. The van der Waals surface area contributed by atoms with Crippen molar-refractivity contribution in [2.45, 2.75) is 17.3 Å². The molecule has 0 heterocycles. The maximum Gasteiger partial charge on any atom is 0.0598 e. The van der Waals surface area contributed by atoms with Gasteiger partial charge in [0.15, 0.2) is 0 Å². The molecule has 0 aliphatic heterocycles. The van der Waals surface area contributed by atoms with Crippen molar-refractivity contribution in [2.75, 3.05) is 0 Å². The predicted molar refractivity (Wildman–Crippen MR) is 43.6 cm³/mol. The van der Waals surface area contributed by atoms with Crippen molar-refractivity contribution in [3.8, 4) is 0 Å². The molecule has 0 aromatic carbocycles. The minimum atomic E-state index is -0.0399. The zero-order valence-corrected chi connectivity index (χ0v) is 6.93. The van der Waals surface area contributed by atoms with Gasteiger partial charge >= 0.3 is 0 Å². The van der Waals surface area contributed by atoms with E-state index in [-0.39, 0.29) is 10.4 Å². The van der Waals surface area contributed by atoms with Crippen molar-refractivity contribution in [3.63, 3.8) is 0 Å². The Labute approximate surface area is 63.8 Å². The molecule has 2 heteroatoms. The molecule has 0 aromatic rings. The highest BCUT2D eigenvalue weighted by Crippen LogP contribution is 2.25. The number of halogens is 1. The van der Waals surface area contributed by atoms with E-state index in [0.29, 0.717) is 0 Å². The lowest BCUT2D eigenvalue weighted by atomic mass is 9.98. The van der Waals surface area contributed by atoms with Gasteiger partial charge in [0.25, 0.3) is 0 Å². The smallest absolute Gasteiger partial charge is 0.0598 e. The molecule has 1 aliphatic carbocycles. The Kier molecular flexibility index (Phi) is 1.78. The average molecular weight is 188 g/mol. The van der Waals surface area contributed by atoms with Crippen molar-refractivity contribution in [1.82, 2.24) is 0 Å². The van der Waals surface area contributed by atoms with Crippen LogP contribution in [0.15, 0.2) is 24.3 Å². The van der Waals surface area contributed by atoms with E-state index >= 15 is 0 Å². The van der Waals surface area contributed by atoms with Gasteiger partial charge in [-0.05, 0) is 6.92 Å². The Bertz CT molecular complexity index is 158. The molecule has 2 N–H and O–H groups in total. The van der Waals surface area contributed by atoms with Gasteiger partial charge in [0.1, 0.15) is 0 Å². The second-order valence-electron chi connectivity index (χ2n) is 2.42. The third-order valence-corrected chi connectivity index (χ3v) is 2.30. The normalized spacial score (nSPS) is 41.4. The maximum atomic E-state index is 5.73. The Morgan fingerprint density at radius 1 is 1.56 bits per heavy atom. The molecule has 50 valence electrons. The van der Waals surface area contributed by atoms with Crippen LogP contribution in [0.25, 0.3) is 0 Å². The third kappa shape index (κ3) is 1.43. The average Bonchev–Trinajstić information content (AvgIpc) is 1.77. The molecule has 1 aliphatic rings. The van der Waals surface area contributed by atoms with Gasteiger partial charge in [0, 0.05) is 6.04 Å². The predicted octanol–water partition coefficient (Wildman–Crippen LogP) is 1.59. The summed E-state index contributed by atoms with van der Waals surface area (Å²) < 4.78 is -0.0399. The summed E-state index contributed by atoms with van der Waals surface area (Å²) in [5.41, 5.74) is 5.73. The summed E-state index contributed by atoms with van der Waals surface area (Å²) in [5.74, 6) is 0. The Balaban J connectivity index is 2.78. The summed E-state index contributed by atoms with van der Waals surface area (Å²) in [7, 11) is 0. The highest BCUT2D eigenvalue weighted by atomic mass is 79.9. The van der Waals surface area contributed by atoms with E-state index in [1.165, 1.54) is 0 Å². The Hall–Kier alpha value is -0.0800. The van der Waals surface area contributed by atoms with E-state index in [1.54, 1.807) is 0 Å². The van der Waals surface area contributed by atoms with Gasteiger partial charge < -0.3 is 5.73 Å². The van der Waals surface area contributed by atoms with Gasteiger partial charge in [-0.1, -0.05) is 40.2 Å². The van der Waals surface area contributed by atoms with Crippen LogP contribution in [-0.2, 0) is 0 Å². The molecule has 0 radical (unpaired) electrons. The van der Waals surface area contributed by atoms with Crippen LogP contribution in [-0.4, -0.2) is 10.4 Å². The van der Waals surface area contributed by atoms with Crippen molar-refractivity contribution in [3.05, 3.63) is 24.3 Å². The molecule has 2 atom stereocenters. The standard InChI is InChI=1S/C7H10BrN/c1-7(8)5-3-2-4-6(7)9/h2-6H,9H2,1H3. The van der Waals surface area contributed by atoms with Crippen LogP contribution < -0.4 is 5.73 Å². The summed E-state index contributed by atoms with van der Waals surface area (Å²) in [6.45, 7) is 2.05. The minimum absolute atomic E-state index is 0.0399. The van der Waals surface area contributed by atoms with Crippen LogP contribution in [0.3, 0.4) is 0 Å². The van der Waals surface area contributed by atoms with Gasteiger partial charge in [0.05, 0.1) is 4.32 Å². The summed E-state index contributed by atoms with van der Waals surface area (Å²) in [6, 6.07) is 0.0995. The van der Waals surface area contributed by atoms with Gasteiger partial charge in [-0.2, -0.15) is 0 Å². The summed E-state index contributed by atoms with van der Waals surface area (Å²) in [4.78, 5) is 0. The Morgan fingerprint density at radius 3 is 2.56 bits per heavy atom. The lowest BCUT2D eigenvalue weighted by molar-refractivity contribution is 0.687. The number of nitrogens with two attached hydrogens (primary N) is 1. The van der Waals surface area contributed by atoms with E-state index in [0.717, 1.165) is 0 Å². The molecule has 0 bridgehead atoms. The van der Waals surface area contributed by atoms with Crippen molar-refractivity contribution >= 4 is 15.9 Å². The van der Waals surface area contributed by atoms with E-state index in [2.05, 4.69) is 28.9 Å². The van der Waals surface area contributed by atoms with Crippen LogP contribution in [0.2, 0.25) is 0 Å². The van der Waals surface area contributed by atoms with Gasteiger partial charge in [-0.15, -0.1) is 0 Å². The third-order valence-electron chi connectivity index (χ3n) is 1.50. The SMILES string of the molecule is CC1(Br)C=CC=CC1N. The lowest BCUT2D eigenvalue weighted by Gasteiger charge is -2.25. The van der Waals surface area contributed by atoms with Crippen LogP contribution in [0.1, 0.15) is 6.92 Å². The van der Waals surface area contributed by atoms with Crippen LogP contribution in [0, 0.1) is 0 Å². The largest absolute Gasteiger partial charge is 0.323 e. The van der Waals surface area contributed by atoms with E-state index in [1.807, 2.05) is 18.2 Å². The second-order valence-corrected chi connectivity index (χ2v) is 4.13. The minimum Gasteiger partial charge on any atom is -0.323 e. The first-order valence-electron chi connectivity index (χ1n) is 2.93. The van der Waals surface area contributed by atoms with Crippen molar-refractivity contribution in [1.29, 1.82) is 0 Å². The van der Waals surface area contributed by atoms with Crippen LogP contribution >= 0.6 is 15.9 Å². The first-order valence-corrected chi connectivity index (χ1v) is 3.73. The molecule has 0 amide bonds. The summed E-state index contributed by atoms with van der Waals surface area (Å²) in [6.07, 6.45) is 8.00. The summed E-state index contributed by atoms with van der Waals surface area (Å²) in [5, 5.41) is 0. The fourth-order valence-electron chi connectivity index (χ4n) is 0.727. The van der Waals surface area contributed by atoms with Gasteiger partial charge in [0.2, 0.25) is 0 Å². The maximum absolute atomic E-state index is 5.73. The highest BCUT2D eigenvalue weighted by Gasteiger charge is 2.24. The topological polar surface area (TPSA) is 26.0 Å². The first kappa shape index (κ1) is 7.03. The highest BCUT2D eigenvalue weighted by molar-refractivity contribution is 9.10. The number of hydrogen-bond acceptors (Lipinski definition) is 1. The molecule has 2 unspecified atom stereocenters. The number of rotatable bonds is 0. The number of alkyl halides is 1. The molecule has 0 spiro atoms. The Morgan fingerprint density at radius 2 is 2.22 bits per heavy atom. The van der Waals surface area contributed by atoms with E-state index in [4.69, 9.17) is 5.73 Å². The zero-order chi connectivity index (χ0) is 6.91.